The summed E-state index contributed by atoms with van der Waals surface area (Å²) < 4.78 is 43.7. The molecular formula is C23H30FN9O3S. The zero-order valence-corrected chi connectivity index (χ0v) is 21.4. The number of carbonyl (C=O) groups is 1. The van der Waals surface area contributed by atoms with Gasteiger partial charge in [-0.1, -0.05) is 0 Å². The molecule has 0 aliphatic heterocycles. The summed E-state index contributed by atoms with van der Waals surface area (Å²) in [6.07, 6.45) is 8.84. The number of anilines is 3. The third kappa shape index (κ3) is 5.81. The zero-order valence-electron chi connectivity index (χ0n) is 20.6. The molecule has 0 atom stereocenters. The van der Waals surface area contributed by atoms with Crippen molar-refractivity contribution in [1.29, 1.82) is 0 Å². The Morgan fingerprint density at radius 3 is 2.38 bits per heavy atom. The van der Waals surface area contributed by atoms with Gasteiger partial charge in [-0.2, -0.15) is 17.4 Å². The lowest BCUT2D eigenvalue weighted by molar-refractivity contribution is 0.102. The second-order valence-electron chi connectivity index (χ2n) is 9.65. The topological polar surface area (TPSA) is 146 Å². The van der Waals surface area contributed by atoms with Crippen LogP contribution < -0.4 is 20.7 Å². The first kappa shape index (κ1) is 25.3. The first-order valence-corrected chi connectivity index (χ1v) is 13.7. The van der Waals surface area contributed by atoms with Crippen LogP contribution >= 0.6 is 0 Å². The molecule has 12 nitrogen and oxygen atoms in total. The summed E-state index contributed by atoms with van der Waals surface area (Å²) in [4.78, 5) is 21.1. The van der Waals surface area contributed by atoms with Crippen molar-refractivity contribution in [2.75, 3.05) is 30.0 Å². The highest BCUT2D eigenvalue weighted by Crippen LogP contribution is 2.30. The number of nitrogens with zero attached hydrogens (tertiary/aromatic N) is 5. The molecule has 3 aromatic rings. The van der Waals surface area contributed by atoms with E-state index in [0.717, 1.165) is 37.6 Å². The smallest absolute Gasteiger partial charge is 0.279 e. The highest BCUT2D eigenvalue weighted by atomic mass is 32.2. The normalized spacial score (nSPS) is 20.2. The van der Waals surface area contributed by atoms with E-state index in [-0.39, 0.29) is 23.5 Å². The van der Waals surface area contributed by atoms with Crippen LogP contribution in [0.2, 0.25) is 0 Å². The van der Waals surface area contributed by atoms with Crippen LogP contribution in [0.1, 0.15) is 49.0 Å². The van der Waals surface area contributed by atoms with E-state index in [0.29, 0.717) is 30.3 Å². The fourth-order valence-corrected chi connectivity index (χ4v) is 5.16. The second-order valence-corrected chi connectivity index (χ2v) is 11.6. The molecule has 37 heavy (non-hydrogen) atoms. The van der Waals surface area contributed by atoms with Gasteiger partial charge in [0.2, 0.25) is 0 Å². The van der Waals surface area contributed by atoms with Crippen LogP contribution in [-0.2, 0) is 10.2 Å². The maximum Gasteiger partial charge on any atom is 0.279 e. The minimum Gasteiger partial charge on any atom is -0.379 e. The fourth-order valence-electron chi connectivity index (χ4n) is 4.29. The summed E-state index contributed by atoms with van der Waals surface area (Å²) >= 11 is 0. The molecule has 2 fully saturated rings. The molecular weight excluding hydrogens is 501 g/mol. The highest BCUT2D eigenvalue weighted by Gasteiger charge is 2.28. The molecule has 0 saturated heterocycles. The summed E-state index contributed by atoms with van der Waals surface area (Å²) in [7, 11) is -0.469. The van der Waals surface area contributed by atoms with Gasteiger partial charge in [0.05, 0.1) is 23.8 Å². The lowest BCUT2D eigenvalue weighted by Crippen LogP contribution is -2.44. The Hall–Kier alpha value is -3.36. The van der Waals surface area contributed by atoms with Crippen LogP contribution in [0.25, 0.3) is 5.65 Å². The molecule has 198 valence electrons. The molecule has 0 unspecified atom stereocenters. The monoisotopic (exact) mass is 531 g/mol. The number of aromatic nitrogens is 4. The van der Waals surface area contributed by atoms with Crippen molar-refractivity contribution in [2.45, 2.75) is 56.7 Å². The number of rotatable bonds is 9. The van der Waals surface area contributed by atoms with Crippen LogP contribution in [0.5, 0.6) is 0 Å². The number of imidazole rings is 1. The van der Waals surface area contributed by atoms with Crippen LogP contribution in [0.4, 0.5) is 21.6 Å². The van der Waals surface area contributed by atoms with Crippen LogP contribution in [0, 0.1) is 5.82 Å². The van der Waals surface area contributed by atoms with Crippen molar-refractivity contribution in [3.63, 3.8) is 0 Å². The van der Waals surface area contributed by atoms with Gasteiger partial charge in [-0.3, -0.25) is 9.78 Å². The van der Waals surface area contributed by atoms with Gasteiger partial charge in [-0.15, -0.1) is 5.10 Å². The van der Waals surface area contributed by atoms with Gasteiger partial charge in [0.15, 0.2) is 17.2 Å². The SMILES string of the molecule is CN(C)S(=O)(=O)NC1CCC(Nc2cc(NC3CC3)c3ncc(C(=O)Nc4ccncc4F)n3n2)CC1. The molecule has 14 heteroatoms. The fraction of sp³-hybridized carbons (Fsp3) is 0.478. The number of hydrogen-bond donors (Lipinski definition) is 4. The van der Waals surface area contributed by atoms with E-state index in [2.05, 4.69) is 35.7 Å². The molecule has 3 heterocycles. The summed E-state index contributed by atoms with van der Waals surface area (Å²) in [6, 6.07) is 3.58. The maximum atomic E-state index is 14.0. The van der Waals surface area contributed by atoms with Gasteiger partial charge < -0.3 is 16.0 Å². The van der Waals surface area contributed by atoms with E-state index >= 15 is 0 Å². The zero-order chi connectivity index (χ0) is 26.2. The van der Waals surface area contributed by atoms with E-state index in [4.69, 9.17) is 0 Å². The number of pyridine rings is 1. The molecule has 0 aromatic carbocycles. The second kappa shape index (κ2) is 10.2. The third-order valence-corrected chi connectivity index (χ3v) is 8.13. The van der Waals surface area contributed by atoms with Crippen molar-refractivity contribution in [3.05, 3.63) is 42.2 Å². The summed E-state index contributed by atoms with van der Waals surface area (Å²) in [5.74, 6) is -0.622. The Bertz CT molecular complexity index is 1400. The number of amides is 1. The van der Waals surface area contributed by atoms with Crippen molar-refractivity contribution >= 4 is 39.0 Å². The van der Waals surface area contributed by atoms with Crippen molar-refractivity contribution in [3.8, 4) is 0 Å². The molecule has 4 N–H and O–H groups in total. The summed E-state index contributed by atoms with van der Waals surface area (Å²) in [6.45, 7) is 0. The van der Waals surface area contributed by atoms with Gasteiger partial charge in [-0.05, 0) is 44.6 Å². The lowest BCUT2D eigenvalue weighted by atomic mass is 9.92. The average Bonchev–Trinajstić information content (AvgIpc) is 3.56. The molecule has 0 spiro atoms. The molecule has 0 bridgehead atoms. The molecule has 2 saturated carbocycles. The van der Waals surface area contributed by atoms with Crippen LogP contribution in [0.3, 0.4) is 0 Å². The van der Waals surface area contributed by atoms with Crippen molar-refractivity contribution in [2.24, 2.45) is 0 Å². The van der Waals surface area contributed by atoms with Crippen molar-refractivity contribution in [1.82, 2.24) is 28.6 Å². The Morgan fingerprint density at radius 2 is 1.70 bits per heavy atom. The molecule has 2 aliphatic rings. The van der Waals surface area contributed by atoms with Gasteiger partial charge in [0.1, 0.15) is 5.82 Å². The first-order chi connectivity index (χ1) is 17.7. The quantitative estimate of drug-likeness (QED) is 0.329. The van der Waals surface area contributed by atoms with Crippen LogP contribution in [0.15, 0.2) is 30.7 Å². The Labute approximate surface area is 214 Å². The molecule has 1 amide bonds. The standard InChI is InChI=1S/C23H30FN9O3S/c1-32(2)37(35,36)31-16-7-5-15(6-8-16)28-21-11-19(27-14-3-4-14)22-26-13-20(33(22)30-21)23(34)29-18-9-10-25-12-17(18)24/h9-16,27,31H,3-8H2,1-2H3,(H,28,30)(H,25,29,34). The number of hydrogen-bond acceptors (Lipinski definition) is 8. The minimum atomic E-state index is -3.47. The largest absolute Gasteiger partial charge is 0.379 e. The predicted molar refractivity (Wildman–Crippen MR) is 137 cm³/mol. The van der Waals surface area contributed by atoms with Gasteiger partial charge >= 0.3 is 0 Å². The number of nitrogens with one attached hydrogen (secondary N) is 4. The lowest BCUT2D eigenvalue weighted by Gasteiger charge is -2.30. The Balaban J connectivity index is 1.34. The van der Waals surface area contributed by atoms with Gasteiger partial charge in [0.25, 0.3) is 16.1 Å². The summed E-state index contributed by atoms with van der Waals surface area (Å²) in [5.41, 5.74) is 1.43. The maximum absolute atomic E-state index is 14.0. The van der Waals surface area contributed by atoms with E-state index in [1.165, 1.54) is 41.4 Å². The van der Waals surface area contributed by atoms with E-state index < -0.39 is 21.9 Å². The summed E-state index contributed by atoms with van der Waals surface area (Å²) in [5, 5.41) is 14.1. The number of carbonyl (C=O) groups excluding carboxylic acids is 1. The number of halogens is 1. The minimum absolute atomic E-state index is 0.0159. The van der Waals surface area contributed by atoms with E-state index in [1.807, 2.05) is 6.07 Å². The van der Waals surface area contributed by atoms with Gasteiger partial charge in [0, 0.05) is 44.5 Å². The molecule has 3 aromatic heterocycles. The Kier molecular flexibility index (Phi) is 6.96. The molecule has 5 rings (SSSR count). The molecule has 2 aliphatic carbocycles. The Morgan fingerprint density at radius 1 is 1.03 bits per heavy atom. The number of fused-ring (bicyclic) bond motifs is 1. The van der Waals surface area contributed by atoms with Crippen LogP contribution in [-0.4, -0.2) is 70.4 Å². The average molecular weight is 532 g/mol. The predicted octanol–water partition coefficient (Wildman–Crippen LogP) is 2.21. The third-order valence-electron chi connectivity index (χ3n) is 6.53. The van der Waals surface area contributed by atoms with E-state index in [9.17, 15) is 17.6 Å². The van der Waals surface area contributed by atoms with Gasteiger partial charge in [-0.25, -0.2) is 13.9 Å². The van der Waals surface area contributed by atoms with E-state index in [1.54, 1.807) is 0 Å². The van der Waals surface area contributed by atoms with Crippen molar-refractivity contribution < 1.29 is 17.6 Å². The molecule has 0 radical (unpaired) electrons. The first-order valence-electron chi connectivity index (χ1n) is 12.2. The highest BCUT2D eigenvalue weighted by molar-refractivity contribution is 7.87.